The first-order valence-electron chi connectivity index (χ1n) is 7.89. The van der Waals surface area contributed by atoms with Gasteiger partial charge in [-0.05, 0) is 37.8 Å². The lowest BCUT2D eigenvalue weighted by Crippen LogP contribution is -2.47. The molecule has 0 spiro atoms. The highest BCUT2D eigenvalue weighted by atomic mass is 19.1. The van der Waals surface area contributed by atoms with E-state index in [9.17, 15) is 19.3 Å². The van der Waals surface area contributed by atoms with Gasteiger partial charge in [-0.15, -0.1) is 0 Å². The molecule has 1 aromatic carbocycles. The molecule has 0 bridgehead atoms. The zero-order valence-corrected chi connectivity index (χ0v) is 13.3. The quantitative estimate of drug-likeness (QED) is 0.643. The maximum absolute atomic E-state index is 13.3. The zero-order valence-electron chi connectivity index (χ0n) is 13.3. The van der Waals surface area contributed by atoms with Crippen LogP contribution in [0.2, 0.25) is 0 Å². The molecule has 1 amide bonds. The van der Waals surface area contributed by atoms with Gasteiger partial charge in [0.25, 0.3) is 0 Å². The Balaban J connectivity index is 1.98. The first-order valence-corrected chi connectivity index (χ1v) is 7.89. The summed E-state index contributed by atoms with van der Waals surface area (Å²) in [6, 6.07) is 3.20. The van der Waals surface area contributed by atoms with Gasteiger partial charge in [0.2, 0.25) is 11.7 Å². The van der Waals surface area contributed by atoms with E-state index in [4.69, 9.17) is 0 Å². The number of carbonyl (C=O) groups is 1. The van der Waals surface area contributed by atoms with Crippen LogP contribution in [-0.2, 0) is 4.79 Å². The lowest BCUT2D eigenvalue weighted by Gasteiger charge is -2.31. The Labute approximate surface area is 134 Å². The van der Waals surface area contributed by atoms with E-state index in [1.165, 1.54) is 12.5 Å². The third kappa shape index (κ3) is 4.48. The fourth-order valence-electron chi connectivity index (χ4n) is 2.94. The normalized spacial score (nSPS) is 22.4. The molecule has 0 radical (unpaired) electrons. The van der Waals surface area contributed by atoms with Gasteiger partial charge in [-0.3, -0.25) is 14.9 Å². The zero-order chi connectivity index (χ0) is 17.0. The molecule has 1 aromatic rings. The smallest absolute Gasteiger partial charge is 0.306 e. The number of halogens is 1. The number of nitro benzene ring substituents is 1. The fraction of sp³-hybridized carbons (Fsp3) is 0.562. The van der Waals surface area contributed by atoms with E-state index in [1.54, 1.807) is 6.92 Å². The van der Waals surface area contributed by atoms with Crippen LogP contribution >= 0.6 is 0 Å². The van der Waals surface area contributed by atoms with Crippen LogP contribution in [0.25, 0.3) is 0 Å². The molecule has 1 aliphatic rings. The largest absolute Gasteiger partial charge is 0.324 e. The van der Waals surface area contributed by atoms with Crippen molar-refractivity contribution in [2.45, 2.75) is 51.6 Å². The standard InChI is InChI=1S/C16H22FN3O3/c1-10-5-3-4-6-14(10)18-11(2)16(21)19-12-7-8-13(17)15(9-12)20(22)23/h7-11,14,18H,3-6H2,1-2H3,(H,19,21)/t10-,11+,14+/m1/s1. The van der Waals surface area contributed by atoms with Crippen molar-refractivity contribution in [2.24, 2.45) is 5.92 Å². The highest BCUT2D eigenvalue weighted by Crippen LogP contribution is 2.24. The van der Waals surface area contributed by atoms with Crippen LogP contribution in [0.15, 0.2) is 18.2 Å². The predicted octanol–water partition coefficient (Wildman–Crippen LogP) is 3.23. The summed E-state index contributed by atoms with van der Waals surface area (Å²) in [6.07, 6.45) is 4.57. The predicted molar refractivity (Wildman–Crippen MR) is 85.7 cm³/mol. The van der Waals surface area contributed by atoms with E-state index in [1.807, 2.05) is 0 Å². The van der Waals surface area contributed by atoms with E-state index in [2.05, 4.69) is 17.6 Å². The van der Waals surface area contributed by atoms with Gasteiger partial charge in [-0.2, -0.15) is 4.39 Å². The number of carbonyl (C=O) groups excluding carboxylic acids is 1. The number of nitro groups is 1. The number of benzene rings is 1. The molecular formula is C16H22FN3O3. The second kappa shape index (κ2) is 7.50. The number of hydrogen-bond donors (Lipinski definition) is 2. The topological polar surface area (TPSA) is 84.3 Å². The van der Waals surface area contributed by atoms with Crippen LogP contribution < -0.4 is 10.6 Å². The van der Waals surface area contributed by atoms with E-state index in [-0.39, 0.29) is 11.6 Å². The molecule has 1 saturated carbocycles. The number of rotatable bonds is 5. The van der Waals surface area contributed by atoms with Crippen molar-refractivity contribution in [3.05, 3.63) is 34.1 Å². The Hall–Kier alpha value is -2.02. The summed E-state index contributed by atoms with van der Waals surface area (Å²) in [5, 5.41) is 16.6. The maximum Gasteiger partial charge on any atom is 0.306 e. The molecule has 126 valence electrons. The summed E-state index contributed by atoms with van der Waals surface area (Å²) in [4.78, 5) is 22.1. The minimum Gasteiger partial charge on any atom is -0.324 e. The second-order valence-corrected chi connectivity index (χ2v) is 6.17. The SMILES string of the molecule is C[C@H](N[C@H]1CCCC[C@H]1C)C(=O)Nc1ccc(F)c([N+](=O)[O-])c1. The molecule has 2 rings (SSSR count). The van der Waals surface area contributed by atoms with Crippen molar-refractivity contribution in [1.29, 1.82) is 0 Å². The molecule has 7 heteroatoms. The molecule has 0 aromatic heterocycles. The van der Waals surface area contributed by atoms with Gasteiger partial charge in [-0.1, -0.05) is 19.8 Å². The number of nitrogens with zero attached hydrogens (tertiary/aromatic N) is 1. The van der Waals surface area contributed by atoms with Gasteiger partial charge >= 0.3 is 5.69 Å². The van der Waals surface area contributed by atoms with Gasteiger partial charge in [0, 0.05) is 17.8 Å². The van der Waals surface area contributed by atoms with Crippen LogP contribution in [0.4, 0.5) is 15.8 Å². The summed E-state index contributed by atoms with van der Waals surface area (Å²) in [5.41, 5.74) is -0.433. The summed E-state index contributed by atoms with van der Waals surface area (Å²) in [5.74, 6) is -0.690. The van der Waals surface area contributed by atoms with Gasteiger partial charge in [0.1, 0.15) is 0 Å². The Morgan fingerprint density at radius 1 is 1.39 bits per heavy atom. The van der Waals surface area contributed by atoms with Crippen molar-refractivity contribution >= 4 is 17.3 Å². The van der Waals surface area contributed by atoms with E-state index >= 15 is 0 Å². The van der Waals surface area contributed by atoms with Crippen molar-refractivity contribution in [3.8, 4) is 0 Å². The van der Waals surface area contributed by atoms with E-state index < -0.39 is 22.5 Å². The molecule has 1 aliphatic carbocycles. The highest BCUT2D eigenvalue weighted by Gasteiger charge is 2.25. The van der Waals surface area contributed by atoms with Gasteiger partial charge in [-0.25, -0.2) is 0 Å². The maximum atomic E-state index is 13.3. The minimum atomic E-state index is -0.921. The first-order chi connectivity index (χ1) is 10.9. The van der Waals surface area contributed by atoms with Crippen molar-refractivity contribution in [3.63, 3.8) is 0 Å². The Kier molecular flexibility index (Phi) is 5.65. The van der Waals surface area contributed by atoms with Crippen LogP contribution in [0.1, 0.15) is 39.5 Å². The van der Waals surface area contributed by atoms with Crippen LogP contribution in [0, 0.1) is 21.8 Å². The van der Waals surface area contributed by atoms with Crippen molar-refractivity contribution in [1.82, 2.24) is 5.32 Å². The molecule has 0 unspecified atom stereocenters. The summed E-state index contributed by atoms with van der Waals surface area (Å²) in [7, 11) is 0. The molecule has 6 nitrogen and oxygen atoms in total. The molecule has 2 N–H and O–H groups in total. The molecule has 0 heterocycles. The first kappa shape index (κ1) is 17.3. The lowest BCUT2D eigenvalue weighted by atomic mass is 9.85. The number of nitrogens with one attached hydrogen (secondary N) is 2. The van der Waals surface area contributed by atoms with Crippen molar-refractivity contribution < 1.29 is 14.1 Å². The molecule has 0 saturated heterocycles. The Morgan fingerprint density at radius 3 is 2.74 bits per heavy atom. The third-order valence-electron chi connectivity index (χ3n) is 4.38. The van der Waals surface area contributed by atoms with Gasteiger partial charge in [0.15, 0.2) is 0 Å². The third-order valence-corrected chi connectivity index (χ3v) is 4.38. The fourth-order valence-corrected chi connectivity index (χ4v) is 2.94. The second-order valence-electron chi connectivity index (χ2n) is 6.17. The summed E-state index contributed by atoms with van der Waals surface area (Å²) >= 11 is 0. The number of amides is 1. The average molecular weight is 323 g/mol. The Morgan fingerprint density at radius 2 is 2.09 bits per heavy atom. The minimum absolute atomic E-state index is 0.216. The Bertz CT molecular complexity index is 594. The monoisotopic (exact) mass is 323 g/mol. The van der Waals surface area contributed by atoms with Crippen LogP contribution in [0.5, 0.6) is 0 Å². The van der Waals surface area contributed by atoms with E-state index in [0.717, 1.165) is 31.4 Å². The van der Waals surface area contributed by atoms with Gasteiger partial charge < -0.3 is 10.6 Å². The number of anilines is 1. The summed E-state index contributed by atoms with van der Waals surface area (Å²) in [6.45, 7) is 3.93. The molecule has 1 fully saturated rings. The summed E-state index contributed by atoms with van der Waals surface area (Å²) < 4.78 is 13.3. The highest BCUT2D eigenvalue weighted by molar-refractivity contribution is 5.94. The molecule has 23 heavy (non-hydrogen) atoms. The van der Waals surface area contributed by atoms with Crippen LogP contribution in [0.3, 0.4) is 0 Å². The molecular weight excluding hydrogens is 301 g/mol. The van der Waals surface area contributed by atoms with Crippen LogP contribution in [-0.4, -0.2) is 22.9 Å². The average Bonchev–Trinajstić information content (AvgIpc) is 2.51. The lowest BCUT2D eigenvalue weighted by molar-refractivity contribution is -0.387. The molecule has 3 atom stereocenters. The van der Waals surface area contributed by atoms with Gasteiger partial charge in [0.05, 0.1) is 11.0 Å². The van der Waals surface area contributed by atoms with E-state index in [0.29, 0.717) is 12.0 Å². The number of hydrogen-bond acceptors (Lipinski definition) is 4. The van der Waals surface area contributed by atoms with Crippen molar-refractivity contribution in [2.75, 3.05) is 5.32 Å². The molecule has 0 aliphatic heterocycles.